The minimum atomic E-state index is -0.0884. The lowest BCUT2D eigenvalue weighted by molar-refractivity contribution is 0.103. The zero-order valence-corrected chi connectivity index (χ0v) is 18.2. The van der Waals surface area contributed by atoms with Gasteiger partial charge in [-0.2, -0.15) is 0 Å². The summed E-state index contributed by atoms with van der Waals surface area (Å²) in [6, 6.07) is 9.23. The SMILES string of the molecule is COc1cc(C(=O)c2cc(Br)ccc2N2CCN(C)CC2)cc(OC)c1OC. The van der Waals surface area contributed by atoms with Crippen molar-refractivity contribution in [1.29, 1.82) is 0 Å². The van der Waals surface area contributed by atoms with Gasteiger partial charge in [0.05, 0.1) is 21.3 Å². The van der Waals surface area contributed by atoms with Gasteiger partial charge in [-0.1, -0.05) is 15.9 Å². The molecule has 0 spiro atoms. The molecule has 1 saturated heterocycles. The van der Waals surface area contributed by atoms with Gasteiger partial charge in [0.25, 0.3) is 0 Å². The second-order valence-corrected chi connectivity index (χ2v) is 7.61. The van der Waals surface area contributed by atoms with Crippen LogP contribution in [0.15, 0.2) is 34.8 Å². The van der Waals surface area contributed by atoms with Gasteiger partial charge >= 0.3 is 0 Å². The first kappa shape index (κ1) is 20.5. The van der Waals surface area contributed by atoms with Crippen molar-refractivity contribution >= 4 is 27.4 Å². The summed E-state index contributed by atoms with van der Waals surface area (Å²) in [5, 5.41) is 0. The van der Waals surface area contributed by atoms with E-state index in [1.807, 2.05) is 18.2 Å². The van der Waals surface area contributed by atoms with Crippen molar-refractivity contribution in [3.05, 3.63) is 45.9 Å². The number of ether oxygens (including phenoxy) is 3. The summed E-state index contributed by atoms with van der Waals surface area (Å²) in [5.74, 6) is 1.30. The van der Waals surface area contributed by atoms with E-state index in [-0.39, 0.29) is 5.78 Å². The third-order valence-electron chi connectivity index (χ3n) is 4.97. The van der Waals surface area contributed by atoms with E-state index in [0.717, 1.165) is 36.3 Å². The Morgan fingerprint density at radius 1 is 0.929 bits per heavy atom. The van der Waals surface area contributed by atoms with Crippen molar-refractivity contribution in [1.82, 2.24) is 4.90 Å². The van der Waals surface area contributed by atoms with Crippen LogP contribution in [0.1, 0.15) is 15.9 Å². The lowest BCUT2D eigenvalue weighted by Gasteiger charge is -2.35. The maximum Gasteiger partial charge on any atom is 0.203 e. The van der Waals surface area contributed by atoms with Crippen molar-refractivity contribution in [3.8, 4) is 17.2 Å². The molecule has 0 N–H and O–H groups in total. The minimum absolute atomic E-state index is 0.0884. The highest BCUT2D eigenvalue weighted by Crippen LogP contribution is 2.39. The van der Waals surface area contributed by atoms with Gasteiger partial charge in [-0.3, -0.25) is 4.79 Å². The van der Waals surface area contributed by atoms with Crippen LogP contribution in [0.5, 0.6) is 17.2 Å². The molecule has 1 fully saturated rings. The Kier molecular flexibility index (Phi) is 6.46. The molecule has 6 nitrogen and oxygen atoms in total. The highest BCUT2D eigenvalue weighted by atomic mass is 79.9. The van der Waals surface area contributed by atoms with Crippen molar-refractivity contribution in [2.24, 2.45) is 0 Å². The van der Waals surface area contributed by atoms with Crippen molar-refractivity contribution in [2.75, 3.05) is 59.5 Å². The molecule has 28 heavy (non-hydrogen) atoms. The molecular weight excluding hydrogens is 424 g/mol. The molecule has 2 aromatic carbocycles. The first-order chi connectivity index (χ1) is 13.5. The van der Waals surface area contributed by atoms with Gasteiger partial charge < -0.3 is 24.0 Å². The highest BCUT2D eigenvalue weighted by Gasteiger charge is 2.23. The van der Waals surface area contributed by atoms with E-state index in [4.69, 9.17) is 14.2 Å². The fraction of sp³-hybridized carbons (Fsp3) is 0.381. The van der Waals surface area contributed by atoms with E-state index in [0.29, 0.717) is 28.4 Å². The summed E-state index contributed by atoms with van der Waals surface area (Å²) in [5.41, 5.74) is 2.08. The van der Waals surface area contributed by atoms with E-state index < -0.39 is 0 Å². The summed E-state index contributed by atoms with van der Waals surface area (Å²) in [4.78, 5) is 18.0. The van der Waals surface area contributed by atoms with Crippen LogP contribution in [-0.2, 0) is 0 Å². The molecule has 2 aromatic rings. The molecular formula is C21H25BrN2O4. The predicted molar refractivity (Wildman–Crippen MR) is 113 cm³/mol. The zero-order chi connectivity index (χ0) is 20.3. The van der Waals surface area contributed by atoms with E-state index >= 15 is 0 Å². The molecule has 1 aliphatic heterocycles. The number of benzene rings is 2. The largest absolute Gasteiger partial charge is 0.493 e. The summed E-state index contributed by atoms with van der Waals surface area (Å²) < 4.78 is 17.0. The maximum atomic E-state index is 13.5. The van der Waals surface area contributed by atoms with E-state index in [2.05, 4.69) is 32.8 Å². The van der Waals surface area contributed by atoms with Crippen molar-refractivity contribution < 1.29 is 19.0 Å². The lowest BCUT2D eigenvalue weighted by atomic mass is 9.99. The Morgan fingerprint density at radius 2 is 1.54 bits per heavy atom. The van der Waals surface area contributed by atoms with E-state index in [9.17, 15) is 4.79 Å². The molecule has 3 rings (SSSR count). The number of hydrogen-bond acceptors (Lipinski definition) is 6. The predicted octanol–water partition coefficient (Wildman–Crippen LogP) is 3.46. The topological polar surface area (TPSA) is 51.2 Å². The van der Waals surface area contributed by atoms with E-state index in [1.54, 1.807) is 33.5 Å². The number of piperazine rings is 1. The van der Waals surface area contributed by atoms with Crippen LogP contribution in [0.4, 0.5) is 5.69 Å². The Labute approximate surface area is 174 Å². The van der Waals surface area contributed by atoms with Gasteiger partial charge in [-0.25, -0.2) is 0 Å². The number of hydrogen-bond donors (Lipinski definition) is 0. The molecule has 0 unspecified atom stereocenters. The van der Waals surface area contributed by atoms with Crippen LogP contribution in [0.25, 0.3) is 0 Å². The van der Waals surface area contributed by atoms with Crippen LogP contribution < -0.4 is 19.1 Å². The number of carbonyl (C=O) groups is 1. The van der Waals surface area contributed by atoms with Crippen LogP contribution >= 0.6 is 15.9 Å². The Balaban J connectivity index is 2.04. The molecule has 0 aliphatic carbocycles. The third-order valence-corrected chi connectivity index (χ3v) is 5.47. The maximum absolute atomic E-state index is 13.5. The second kappa shape index (κ2) is 8.84. The minimum Gasteiger partial charge on any atom is -0.493 e. The zero-order valence-electron chi connectivity index (χ0n) is 16.6. The van der Waals surface area contributed by atoms with Gasteiger partial charge in [0.2, 0.25) is 5.75 Å². The molecule has 150 valence electrons. The average molecular weight is 449 g/mol. The molecule has 0 radical (unpaired) electrons. The van der Waals surface area contributed by atoms with Crippen LogP contribution in [-0.4, -0.2) is 65.2 Å². The van der Waals surface area contributed by atoms with E-state index in [1.165, 1.54) is 0 Å². The standard InChI is InChI=1S/C21H25BrN2O4/c1-23-7-9-24(10-8-23)17-6-5-15(22)13-16(17)20(25)14-11-18(26-2)21(28-4)19(12-14)27-3/h5-6,11-13H,7-10H2,1-4H3. The lowest BCUT2D eigenvalue weighted by Crippen LogP contribution is -2.45. The monoisotopic (exact) mass is 448 g/mol. The fourth-order valence-corrected chi connectivity index (χ4v) is 3.74. The molecule has 0 atom stereocenters. The smallest absolute Gasteiger partial charge is 0.203 e. The van der Waals surface area contributed by atoms with Gasteiger partial charge in [-0.05, 0) is 37.4 Å². The average Bonchev–Trinajstić information content (AvgIpc) is 2.72. The van der Waals surface area contributed by atoms with Crippen LogP contribution in [0, 0.1) is 0 Å². The number of halogens is 1. The number of carbonyl (C=O) groups excluding carboxylic acids is 1. The van der Waals surface area contributed by atoms with Crippen LogP contribution in [0.2, 0.25) is 0 Å². The summed E-state index contributed by atoms with van der Waals surface area (Å²) >= 11 is 3.50. The first-order valence-electron chi connectivity index (χ1n) is 9.06. The van der Waals surface area contributed by atoms with Crippen molar-refractivity contribution in [3.63, 3.8) is 0 Å². The van der Waals surface area contributed by atoms with Crippen molar-refractivity contribution in [2.45, 2.75) is 0 Å². The van der Waals surface area contributed by atoms with Gasteiger partial charge in [0.15, 0.2) is 17.3 Å². The summed E-state index contributed by atoms with van der Waals surface area (Å²) in [6.45, 7) is 3.70. The molecule has 7 heteroatoms. The molecule has 1 aliphatic rings. The van der Waals surface area contributed by atoms with Gasteiger partial charge in [0, 0.05) is 47.5 Å². The highest BCUT2D eigenvalue weighted by molar-refractivity contribution is 9.10. The number of anilines is 1. The second-order valence-electron chi connectivity index (χ2n) is 6.69. The molecule has 1 heterocycles. The summed E-state index contributed by atoms with van der Waals surface area (Å²) in [6.07, 6.45) is 0. The van der Waals surface area contributed by atoms with Gasteiger partial charge in [-0.15, -0.1) is 0 Å². The van der Waals surface area contributed by atoms with Crippen LogP contribution in [0.3, 0.4) is 0 Å². The first-order valence-corrected chi connectivity index (χ1v) is 9.85. The number of nitrogens with zero attached hydrogens (tertiary/aromatic N) is 2. The molecule has 0 aromatic heterocycles. The molecule has 0 bridgehead atoms. The normalized spacial score (nSPS) is 14.7. The number of ketones is 1. The molecule has 0 amide bonds. The Hall–Kier alpha value is -2.25. The Morgan fingerprint density at radius 3 is 2.07 bits per heavy atom. The quantitative estimate of drug-likeness (QED) is 0.630. The Bertz CT molecular complexity index is 838. The fourth-order valence-electron chi connectivity index (χ4n) is 3.38. The number of likely N-dealkylation sites (N-methyl/N-ethyl adjacent to an activating group) is 1. The van der Waals surface area contributed by atoms with Gasteiger partial charge in [0.1, 0.15) is 0 Å². The third kappa shape index (κ3) is 4.10. The number of rotatable bonds is 6. The summed E-state index contributed by atoms with van der Waals surface area (Å²) in [7, 11) is 6.74. The molecule has 0 saturated carbocycles. The number of methoxy groups -OCH3 is 3.